The number of fused-ring (bicyclic) bond motifs is 1. The molecule has 0 radical (unpaired) electrons. The predicted molar refractivity (Wildman–Crippen MR) is 121 cm³/mol. The van der Waals surface area contributed by atoms with Crippen LogP contribution in [0.4, 0.5) is 11.9 Å². The number of nitrogens with zero attached hydrogens (tertiary/aromatic N) is 5. The maximum Gasteiger partial charge on any atom is 0.230 e. The van der Waals surface area contributed by atoms with E-state index in [1.165, 1.54) is 0 Å². The molecule has 2 fully saturated rings. The van der Waals surface area contributed by atoms with Crippen LogP contribution < -0.4 is 15.5 Å². The molecule has 1 saturated carbocycles. The van der Waals surface area contributed by atoms with Crippen molar-refractivity contribution < 1.29 is 9.53 Å². The molecule has 32 heavy (non-hydrogen) atoms. The van der Waals surface area contributed by atoms with Crippen molar-refractivity contribution in [3.63, 3.8) is 0 Å². The summed E-state index contributed by atoms with van der Waals surface area (Å²) in [6.07, 6.45) is 5.34. The number of rotatable bonds is 5. The van der Waals surface area contributed by atoms with Gasteiger partial charge in [0, 0.05) is 43.0 Å². The third-order valence-electron chi connectivity index (χ3n) is 6.32. The number of morpholine rings is 1. The first kappa shape index (κ1) is 20.6. The topological polar surface area (TPSA) is 121 Å². The van der Waals surface area contributed by atoms with Crippen molar-refractivity contribution in [1.29, 1.82) is 0 Å². The molecule has 3 heterocycles. The first-order valence-electron chi connectivity index (χ1n) is 11.2. The lowest BCUT2D eigenvalue weighted by atomic mass is 9.85. The molecule has 0 bridgehead atoms. The highest BCUT2D eigenvalue weighted by Crippen LogP contribution is 2.29. The number of aromatic nitrogens is 5. The second-order valence-electron chi connectivity index (χ2n) is 8.33. The summed E-state index contributed by atoms with van der Waals surface area (Å²) >= 11 is 0. The van der Waals surface area contributed by atoms with Crippen molar-refractivity contribution in [2.75, 3.05) is 43.6 Å². The average Bonchev–Trinajstić information content (AvgIpc) is 3.33. The molecule has 1 amide bonds. The first-order valence-corrected chi connectivity index (χ1v) is 11.2. The number of benzene rings is 1. The van der Waals surface area contributed by atoms with Crippen LogP contribution in [0.3, 0.4) is 0 Å². The Hall–Kier alpha value is -3.27. The largest absolute Gasteiger partial charge is 0.378 e. The lowest BCUT2D eigenvalue weighted by molar-refractivity contribution is -0.125. The summed E-state index contributed by atoms with van der Waals surface area (Å²) in [5.74, 6) is 2.07. The molecule has 0 spiro atoms. The molecular formula is C22H28N8O2. The van der Waals surface area contributed by atoms with Crippen molar-refractivity contribution >= 4 is 28.7 Å². The van der Waals surface area contributed by atoms with Crippen LogP contribution in [0.1, 0.15) is 25.7 Å². The molecule has 1 aromatic carbocycles. The van der Waals surface area contributed by atoms with Crippen LogP contribution in [0.25, 0.3) is 22.3 Å². The van der Waals surface area contributed by atoms with Crippen molar-refractivity contribution in [2.45, 2.75) is 31.7 Å². The van der Waals surface area contributed by atoms with Gasteiger partial charge in [-0.15, -0.1) is 0 Å². The average molecular weight is 437 g/mol. The van der Waals surface area contributed by atoms with Gasteiger partial charge in [-0.25, -0.2) is 0 Å². The van der Waals surface area contributed by atoms with Crippen LogP contribution in [-0.4, -0.2) is 70.4 Å². The number of carbonyl (C=O) groups is 1. The van der Waals surface area contributed by atoms with Gasteiger partial charge >= 0.3 is 0 Å². The fourth-order valence-corrected chi connectivity index (χ4v) is 4.50. The molecule has 168 valence electrons. The van der Waals surface area contributed by atoms with Crippen molar-refractivity contribution in [3.05, 3.63) is 24.4 Å². The summed E-state index contributed by atoms with van der Waals surface area (Å²) in [6.45, 7) is 2.81. The molecule has 10 nitrogen and oxygen atoms in total. The number of H-pyrrole nitrogens is 1. The van der Waals surface area contributed by atoms with E-state index in [1.807, 2.05) is 18.2 Å². The lowest BCUT2D eigenvalue weighted by Gasteiger charge is -2.29. The second-order valence-corrected chi connectivity index (χ2v) is 8.33. The van der Waals surface area contributed by atoms with Gasteiger partial charge in [-0.2, -0.15) is 20.1 Å². The number of carbonyl (C=O) groups excluding carboxylic acids is 1. The lowest BCUT2D eigenvalue weighted by Crippen LogP contribution is -2.38. The Kier molecular flexibility index (Phi) is 5.85. The Morgan fingerprint density at radius 3 is 2.72 bits per heavy atom. The molecule has 1 saturated heterocycles. The minimum Gasteiger partial charge on any atom is -0.378 e. The van der Waals surface area contributed by atoms with Gasteiger partial charge in [0.05, 0.1) is 24.9 Å². The Morgan fingerprint density at radius 2 is 1.94 bits per heavy atom. The summed E-state index contributed by atoms with van der Waals surface area (Å²) in [5.41, 5.74) is 1.86. The SMILES string of the molecule is CNC(=O)C1CCC(Nc2nc(-c3cccc4[nH]ncc34)nc(N3CCOCC3)n2)CC1. The molecule has 0 atom stereocenters. The van der Waals surface area contributed by atoms with Crippen LogP contribution in [-0.2, 0) is 9.53 Å². The maximum absolute atomic E-state index is 12.0. The van der Waals surface area contributed by atoms with E-state index in [1.54, 1.807) is 13.2 Å². The number of hydrogen-bond acceptors (Lipinski definition) is 8. The van der Waals surface area contributed by atoms with Crippen molar-refractivity contribution in [1.82, 2.24) is 30.5 Å². The van der Waals surface area contributed by atoms with E-state index in [0.29, 0.717) is 30.9 Å². The summed E-state index contributed by atoms with van der Waals surface area (Å²) in [6, 6.07) is 6.20. The molecule has 1 aliphatic heterocycles. The number of aromatic amines is 1. The summed E-state index contributed by atoms with van der Waals surface area (Å²) in [7, 11) is 1.70. The molecule has 2 aromatic heterocycles. The minimum atomic E-state index is 0.0922. The zero-order chi connectivity index (χ0) is 21.9. The molecule has 3 N–H and O–H groups in total. The second kappa shape index (κ2) is 9.07. The van der Waals surface area contributed by atoms with Crippen LogP contribution in [0, 0.1) is 5.92 Å². The number of anilines is 2. The molecule has 2 aliphatic rings. The molecule has 10 heteroatoms. The predicted octanol–water partition coefficient (Wildman–Crippen LogP) is 1.97. The number of ether oxygens (including phenoxy) is 1. The number of hydrogen-bond donors (Lipinski definition) is 3. The van der Waals surface area contributed by atoms with Gasteiger partial charge in [-0.3, -0.25) is 9.89 Å². The van der Waals surface area contributed by atoms with Gasteiger partial charge in [0.2, 0.25) is 17.8 Å². The third-order valence-corrected chi connectivity index (χ3v) is 6.32. The molecule has 5 rings (SSSR count). The van der Waals surface area contributed by atoms with E-state index in [9.17, 15) is 4.79 Å². The van der Waals surface area contributed by atoms with Gasteiger partial charge in [0.15, 0.2) is 5.82 Å². The third kappa shape index (κ3) is 4.22. The Labute approximate surface area is 186 Å². The van der Waals surface area contributed by atoms with Crippen LogP contribution in [0.15, 0.2) is 24.4 Å². The Morgan fingerprint density at radius 1 is 1.12 bits per heavy atom. The van der Waals surface area contributed by atoms with E-state index < -0.39 is 0 Å². The van der Waals surface area contributed by atoms with E-state index in [0.717, 1.165) is 55.2 Å². The standard InChI is InChI=1S/C22H28N8O2/c1-23-20(31)14-5-7-15(8-6-14)25-21-26-19(16-3-2-4-18-17(16)13-24-29-18)27-22(28-21)30-9-11-32-12-10-30/h2-4,13-15H,5-12H2,1H3,(H,23,31)(H,24,29)(H,25,26,27,28). The zero-order valence-electron chi connectivity index (χ0n) is 18.2. The molecular weight excluding hydrogens is 408 g/mol. The van der Waals surface area contributed by atoms with Crippen molar-refractivity contribution in [2.24, 2.45) is 5.92 Å². The van der Waals surface area contributed by atoms with E-state index in [4.69, 9.17) is 19.7 Å². The van der Waals surface area contributed by atoms with Gasteiger partial charge in [-0.1, -0.05) is 12.1 Å². The van der Waals surface area contributed by atoms with Gasteiger partial charge in [0.25, 0.3) is 0 Å². The van der Waals surface area contributed by atoms with E-state index >= 15 is 0 Å². The normalized spacial score (nSPS) is 21.5. The number of amides is 1. The molecule has 0 unspecified atom stereocenters. The molecule has 1 aliphatic carbocycles. The summed E-state index contributed by atoms with van der Waals surface area (Å²) in [5, 5.41) is 14.4. The van der Waals surface area contributed by atoms with Crippen LogP contribution in [0.2, 0.25) is 0 Å². The monoisotopic (exact) mass is 436 g/mol. The highest BCUT2D eigenvalue weighted by atomic mass is 16.5. The molecule has 3 aromatic rings. The quantitative estimate of drug-likeness (QED) is 0.555. The first-order chi connectivity index (χ1) is 15.7. The minimum absolute atomic E-state index is 0.0922. The summed E-state index contributed by atoms with van der Waals surface area (Å²) < 4.78 is 5.50. The Bertz CT molecular complexity index is 1090. The highest BCUT2D eigenvalue weighted by molar-refractivity contribution is 5.92. The number of nitrogens with one attached hydrogen (secondary N) is 3. The highest BCUT2D eigenvalue weighted by Gasteiger charge is 2.27. The Balaban J connectivity index is 1.44. The maximum atomic E-state index is 12.0. The van der Waals surface area contributed by atoms with Crippen LogP contribution in [0.5, 0.6) is 0 Å². The van der Waals surface area contributed by atoms with Crippen molar-refractivity contribution in [3.8, 4) is 11.4 Å². The van der Waals surface area contributed by atoms with Crippen LogP contribution >= 0.6 is 0 Å². The van der Waals surface area contributed by atoms with E-state index in [-0.39, 0.29) is 17.9 Å². The van der Waals surface area contributed by atoms with E-state index in [2.05, 4.69) is 25.7 Å². The smallest absolute Gasteiger partial charge is 0.230 e. The summed E-state index contributed by atoms with van der Waals surface area (Å²) in [4.78, 5) is 28.4. The van der Waals surface area contributed by atoms with Gasteiger partial charge < -0.3 is 20.3 Å². The van der Waals surface area contributed by atoms with Gasteiger partial charge in [0.1, 0.15) is 0 Å². The fraction of sp³-hybridized carbons (Fsp3) is 0.500. The zero-order valence-corrected chi connectivity index (χ0v) is 18.2. The van der Waals surface area contributed by atoms with Gasteiger partial charge in [-0.05, 0) is 31.7 Å². The fourth-order valence-electron chi connectivity index (χ4n) is 4.50.